The molecule has 0 saturated heterocycles. The van der Waals surface area contributed by atoms with Crippen LogP contribution in [0.25, 0.3) is 0 Å². The van der Waals surface area contributed by atoms with Gasteiger partial charge >= 0.3 is 0 Å². The standard InChI is InChI=1S/C5H11N3OS/c1-3-4(9-2)5(7-6)8-10/h3,7-8,10H,1,6H2,2H3/b5-4+. The van der Waals surface area contributed by atoms with Gasteiger partial charge in [-0.1, -0.05) is 19.4 Å². The predicted octanol–water partition coefficient (Wildman–Crippen LogP) is -0.114. The van der Waals surface area contributed by atoms with E-state index in [1.165, 1.54) is 13.2 Å². The molecule has 0 amide bonds. The van der Waals surface area contributed by atoms with Crippen LogP contribution in [0.1, 0.15) is 0 Å². The predicted molar refractivity (Wildman–Crippen MR) is 43.7 cm³/mol. The van der Waals surface area contributed by atoms with E-state index in [0.29, 0.717) is 11.6 Å². The van der Waals surface area contributed by atoms with Crippen LogP contribution in [0.15, 0.2) is 24.2 Å². The SMILES string of the molecule is C=C/C(OC)=C(/NN)NS. The van der Waals surface area contributed by atoms with Crippen molar-refractivity contribution in [3.63, 3.8) is 0 Å². The molecular weight excluding hydrogens is 150 g/mol. The summed E-state index contributed by atoms with van der Waals surface area (Å²) in [4.78, 5) is 0. The third-order valence-electron chi connectivity index (χ3n) is 0.908. The van der Waals surface area contributed by atoms with E-state index in [2.05, 4.69) is 29.5 Å². The van der Waals surface area contributed by atoms with Crippen molar-refractivity contribution < 1.29 is 4.74 Å². The van der Waals surface area contributed by atoms with Gasteiger partial charge in [0.2, 0.25) is 0 Å². The Bertz CT molecular complexity index is 140. The lowest BCUT2D eigenvalue weighted by atomic mass is 10.5. The van der Waals surface area contributed by atoms with Crippen molar-refractivity contribution in [3.8, 4) is 0 Å². The lowest BCUT2D eigenvalue weighted by molar-refractivity contribution is 0.298. The minimum atomic E-state index is 0.473. The van der Waals surface area contributed by atoms with Crippen LogP contribution < -0.4 is 16.0 Å². The topological polar surface area (TPSA) is 59.3 Å². The smallest absolute Gasteiger partial charge is 0.166 e. The molecule has 5 heteroatoms. The highest BCUT2D eigenvalue weighted by Gasteiger charge is 1.97. The van der Waals surface area contributed by atoms with Crippen molar-refractivity contribution in [1.29, 1.82) is 0 Å². The summed E-state index contributed by atoms with van der Waals surface area (Å²) < 4.78 is 7.35. The summed E-state index contributed by atoms with van der Waals surface area (Å²) in [6.45, 7) is 3.50. The van der Waals surface area contributed by atoms with E-state index in [-0.39, 0.29) is 0 Å². The molecule has 4 nitrogen and oxygen atoms in total. The van der Waals surface area contributed by atoms with Crippen molar-refractivity contribution in [2.24, 2.45) is 5.84 Å². The summed E-state index contributed by atoms with van der Waals surface area (Å²) in [6.07, 6.45) is 1.51. The number of ether oxygens (including phenoxy) is 1. The molecule has 0 saturated carbocycles. The fourth-order valence-corrected chi connectivity index (χ4v) is 0.621. The Kier molecular flexibility index (Phi) is 4.61. The van der Waals surface area contributed by atoms with E-state index in [1.807, 2.05) is 0 Å². The lowest BCUT2D eigenvalue weighted by Gasteiger charge is -2.08. The fraction of sp³-hybridized carbons (Fsp3) is 0.200. The van der Waals surface area contributed by atoms with E-state index in [1.54, 1.807) is 0 Å². The van der Waals surface area contributed by atoms with Gasteiger partial charge in [0.1, 0.15) is 0 Å². The van der Waals surface area contributed by atoms with E-state index in [9.17, 15) is 0 Å². The number of hydrogen-bond acceptors (Lipinski definition) is 5. The average molecular weight is 161 g/mol. The van der Waals surface area contributed by atoms with Crippen molar-refractivity contribution in [2.45, 2.75) is 0 Å². The Morgan fingerprint density at radius 1 is 1.80 bits per heavy atom. The molecule has 4 N–H and O–H groups in total. The van der Waals surface area contributed by atoms with Gasteiger partial charge in [0.15, 0.2) is 11.6 Å². The first-order valence-corrected chi connectivity index (χ1v) is 3.02. The van der Waals surface area contributed by atoms with Crippen LogP contribution in [-0.2, 0) is 4.74 Å². The van der Waals surface area contributed by atoms with Gasteiger partial charge in [0, 0.05) is 0 Å². The van der Waals surface area contributed by atoms with Crippen LogP contribution in [0.3, 0.4) is 0 Å². The molecule has 0 atom stereocenters. The maximum Gasteiger partial charge on any atom is 0.166 e. The minimum absolute atomic E-state index is 0.473. The van der Waals surface area contributed by atoms with Crippen LogP contribution in [0.2, 0.25) is 0 Å². The molecule has 58 valence electrons. The van der Waals surface area contributed by atoms with Crippen LogP contribution in [0.5, 0.6) is 0 Å². The van der Waals surface area contributed by atoms with E-state index in [0.717, 1.165) is 0 Å². The zero-order valence-electron chi connectivity index (χ0n) is 5.72. The van der Waals surface area contributed by atoms with Crippen molar-refractivity contribution in [3.05, 3.63) is 24.2 Å². The Morgan fingerprint density at radius 2 is 2.40 bits per heavy atom. The average Bonchev–Trinajstić information content (AvgIpc) is 2.00. The largest absolute Gasteiger partial charge is 0.493 e. The zero-order valence-corrected chi connectivity index (χ0v) is 6.61. The number of thiol groups is 1. The molecular formula is C5H11N3OS. The molecule has 0 aromatic rings. The Morgan fingerprint density at radius 3 is 2.50 bits per heavy atom. The van der Waals surface area contributed by atoms with Gasteiger partial charge < -0.3 is 14.9 Å². The molecule has 0 fully saturated rings. The summed E-state index contributed by atoms with van der Waals surface area (Å²) in [5, 5.41) is 0. The first kappa shape index (κ1) is 9.19. The molecule has 0 unspecified atom stereocenters. The number of rotatable bonds is 4. The maximum atomic E-state index is 5.09. The van der Waals surface area contributed by atoms with Crippen LogP contribution in [-0.4, -0.2) is 7.11 Å². The molecule has 0 bridgehead atoms. The second kappa shape index (κ2) is 5.01. The molecule has 0 aliphatic rings. The molecule has 0 aliphatic heterocycles. The van der Waals surface area contributed by atoms with Crippen LogP contribution in [0.4, 0.5) is 0 Å². The molecule has 10 heavy (non-hydrogen) atoms. The highest BCUT2D eigenvalue weighted by molar-refractivity contribution is 7.78. The fourth-order valence-electron chi connectivity index (χ4n) is 0.446. The molecule has 0 aliphatic carbocycles. The molecule has 0 aromatic heterocycles. The molecule has 0 rings (SSSR count). The van der Waals surface area contributed by atoms with Gasteiger partial charge in [-0.25, -0.2) is 5.84 Å². The zero-order chi connectivity index (χ0) is 7.98. The second-order valence-corrected chi connectivity index (χ2v) is 1.63. The highest BCUT2D eigenvalue weighted by Crippen LogP contribution is 1.99. The summed E-state index contributed by atoms with van der Waals surface area (Å²) in [5.74, 6) is 6.07. The Hall–Kier alpha value is -0.810. The monoisotopic (exact) mass is 161 g/mol. The van der Waals surface area contributed by atoms with Gasteiger partial charge in [0.05, 0.1) is 7.11 Å². The second-order valence-electron chi connectivity index (χ2n) is 1.40. The Balaban J connectivity index is 4.35. The summed E-state index contributed by atoms with van der Waals surface area (Å²) >= 11 is 3.76. The van der Waals surface area contributed by atoms with E-state index in [4.69, 9.17) is 10.6 Å². The van der Waals surface area contributed by atoms with Gasteiger partial charge in [-0.2, -0.15) is 0 Å². The summed E-state index contributed by atoms with van der Waals surface area (Å²) in [7, 11) is 1.51. The highest BCUT2D eigenvalue weighted by atomic mass is 32.1. The number of hydrazine groups is 1. The van der Waals surface area contributed by atoms with Gasteiger partial charge in [-0.15, -0.1) is 0 Å². The molecule has 0 heterocycles. The van der Waals surface area contributed by atoms with Crippen molar-refractivity contribution in [1.82, 2.24) is 10.1 Å². The number of allylic oxidation sites excluding steroid dienone is 1. The number of nitrogens with two attached hydrogens (primary N) is 1. The first-order valence-electron chi connectivity index (χ1n) is 2.57. The normalized spacial score (nSPS) is 11.5. The van der Waals surface area contributed by atoms with Gasteiger partial charge in [-0.3, -0.25) is 0 Å². The summed E-state index contributed by atoms with van der Waals surface area (Å²) in [6, 6.07) is 0. The summed E-state index contributed by atoms with van der Waals surface area (Å²) in [5.41, 5.74) is 2.35. The lowest BCUT2D eigenvalue weighted by Crippen LogP contribution is -2.28. The quantitative estimate of drug-likeness (QED) is 0.153. The number of hydrogen-bond donors (Lipinski definition) is 4. The molecule has 0 aromatic carbocycles. The molecule has 0 spiro atoms. The van der Waals surface area contributed by atoms with E-state index >= 15 is 0 Å². The first-order chi connectivity index (χ1) is 4.79. The Labute approximate surface area is 65.6 Å². The van der Waals surface area contributed by atoms with Crippen LogP contribution >= 0.6 is 12.8 Å². The van der Waals surface area contributed by atoms with Gasteiger partial charge in [-0.05, 0) is 6.08 Å². The maximum absolute atomic E-state index is 5.09. The van der Waals surface area contributed by atoms with E-state index < -0.39 is 0 Å². The molecule has 0 radical (unpaired) electrons. The minimum Gasteiger partial charge on any atom is -0.493 e. The number of methoxy groups -OCH3 is 1. The third kappa shape index (κ3) is 2.20. The number of nitrogens with one attached hydrogen (secondary N) is 2. The van der Waals surface area contributed by atoms with Crippen LogP contribution in [0, 0.1) is 0 Å². The van der Waals surface area contributed by atoms with Crippen molar-refractivity contribution >= 4 is 12.8 Å². The van der Waals surface area contributed by atoms with Crippen molar-refractivity contribution in [2.75, 3.05) is 7.11 Å². The third-order valence-corrected chi connectivity index (χ3v) is 1.13. The van der Waals surface area contributed by atoms with Gasteiger partial charge in [0.25, 0.3) is 0 Å².